The predicted molar refractivity (Wildman–Crippen MR) is 76.5 cm³/mol. The Kier molecular flexibility index (Phi) is 5.01. The maximum Gasteiger partial charge on any atom is 0.172 e. The molecule has 3 N–H and O–H groups in total. The molecule has 0 saturated carbocycles. The first-order valence-electron chi connectivity index (χ1n) is 6.36. The number of amidine groups is 1. The van der Waals surface area contributed by atoms with Gasteiger partial charge in [-0.2, -0.15) is 0 Å². The lowest BCUT2D eigenvalue weighted by atomic mass is 10.1. The van der Waals surface area contributed by atoms with E-state index < -0.39 is 0 Å². The van der Waals surface area contributed by atoms with Gasteiger partial charge < -0.3 is 15.8 Å². The summed E-state index contributed by atoms with van der Waals surface area (Å²) in [7, 11) is 0. The molecule has 0 amide bonds. The lowest BCUT2D eigenvalue weighted by Gasteiger charge is -2.30. The average molecular weight is 249 g/mol. The van der Waals surface area contributed by atoms with Crippen molar-refractivity contribution in [3.8, 4) is 0 Å². The summed E-state index contributed by atoms with van der Waals surface area (Å²) in [6.07, 6.45) is 1.06. The largest absolute Gasteiger partial charge is 0.409 e. The zero-order valence-electron chi connectivity index (χ0n) is 11.6. The molecule has 0 atom stereocenters. The van der Waals surface area contributed by atoms with Crippen LogP contribution in [-0.2, 0) is 0 Å². The first kappa shape index (κ1) is 14.4. The summed E-state index contributed by atoms with van der Waals surface area (Å²) in [5.74, 6) is 0.159. The molecule has 0 aliphatic heterocycles. The number of hydrogen-bond acceptors (Lipinski definition) is 3. The number of nitrogens with two attached hydrogens (primary N) is 1. The molecule has 100 valence electrons. The molecule has 1 aromatic carbocycles. The van der Waals surface area contributed by atoms with Gasteiger partial charge in [-0.3, -0.25) is 0 Å². The Morgan fingerprint density at radius 2 is 2.11 bits per heavy atom. The van der Waals surface area contributed by atoms with Crippen molar-refractivity contribution < 1.29 is 5.21 Å². The van der Waals surface area contributed by atoms with E-state index in [0.717, 1.165) is 24.2 Å². The molecular formula is C14H23N3O. The minimum absolute atomic E-state index is 0.159. The number of hydrogen-bond donors (Lipinski definition) is 2. The molecule has 0 aliphatic rings. The quantitative estimate of drug-likeness (QED) is 0.365. The van der Waals surface area contributed by atoms with Crippen LogP contribution in [0.5, 0.6) is 0 Å². The Hall–Kier alpha value is -1.71. The number of aryl methyl sites for hydroxylation is 1. The fraction of sp³-hybridized carbons (Fsp3) is 0.500. The maximum atomic E-state index is 8.88. The molecule has 0 bridgehead atoms. The van der Waals surface area contributed by atoms with Crippen molar-refractivity contribution in [2.75, 3.05) is 11.4 Å². The lowest BCUT2D eigenvalue weighted by molar-refractivity contribution is 0.318. The van der Waals surface area contributed by atoms with Crippen LogP contribution in [0.1, 0.15) is 38.3 Å². The highest BCUT2D eigenvalue weighted by molar-refractivity contribution is 6.02. The van der Waals surface area contributed by atoms with E-state index in [-0.39, 0.29) is 5.84 Å². The van der Waals surface area contributed by atoms with Crippen molar-refractivity contribution in [1.29, 1.82) is 0 Å². The van der Waals surface area contributed by atoms with Gasteiger partial charge in [0.15, 0.2) is 5.84 Å². The molecule has 4 heteroatoms. The normalized spacial score (nSPS) is 11.9. The van der Waals surface area contributed by atoms with Crippen molar-refractivity contribution in [3.63, 3.8) is 0 Å². The predicted octanol–water partition coefficient (Wildman–Crippen LogP) is 2.71. The van der Waals surface area contributed by atoms with E-state index in [4.69, 9.17) is 10.9 Å². The number of benzene rings is 1. The smallest absolute Gasteiger partial charge is 0.172 e. The van der Waals surface area contributed by atoms with Gasteiger partial charge in [0.1, 0.15) is 0 Å². The third-order valence-corrected chi connectivity index (χ3v) is 2.93. The highest BCUT2D eigenvalue weighted by Crippen LogP contribution is 2.24. The van der Waals surface area contributed by atoms with E-state index in [9.17, 15) is 0 Å². The molecule has 0 fully saturated rings. The van der Waals surface area contributed by atoms with Crippen molar-refractivity contribution in [2.45, 2.75) is 40.2 Å². The Labute approximate surface area is 109 Å². The van der Waals surface area contributed by atoms with Gasteiger partial charge in [0.05, 0.1) is 0 Å². The highest BCUT2D eigenvalue weighted by atomic mass is 16.4. The molecule has 0 aromatic heterocycles. The Morgan fingerprint density at radius 1 is 1.44 bits per heavy atom. The molecule has 0 unspecified atom stereocenters. The van der Waals surface area contributed by atoms with Crippen LogP contribution in [0.15, 0.2) is 23.4 Å². The van der Waals surface area contributed by atoms with Gasteiger partial charge in [-0.15, -0.1) is 0 Å². The van der Waals surface area contributed by atoms with Gasteiger partial charge in [-0.1, -0.05) is 18.1 Å². The molecule has 1 rings (SSSR count). The van der Waals surface area contributed by atoms with Crippen LogP contribution in [0, 0.1) is 6.92 Å². The number of rotatable bonds is 5. The fourth-order valence-electron chi connectivity index (χ4n) is 2.05. The molecule has 4 nitrogen and oxygen atoms in total. The summed E-state index contributed by atoms with van der Waals surface area (Å²) in [4.78, 5) is 2.28. The summed E-state index contributed by atoms with van der Waals surface area (Å²) in [5, 5.41) is 12.0. The molecule has 0 radical (unpaired) electrons. The first-order valence-corrected chi connectivity index (χ1v) is 6.36. The molecule has 0 heterocycles. The van der Waals surface area contributed by atoms with Crippen LogP contribution in [0.4, 0.5) is 5.69 Å². The summed E-state index contributed by atoms with van der Waals surface area (Å²) >= 11 is 0. The van der Waals surface area contributed by atoms with E-state index in [0.29, 0.717) is 6.04 Å². The molecule has 1 aromatic rings. The Balaban J connectivity index is 3.30. The van der Waals surface area contributed by atoms with Gasteiger partial charge in [-0.05, 0) is 44.9 Å². The number of anilines is 1. The van der Waals surface area contributed by atoms with Crippen molar-refractivity contribution in [1.82, 2.24) is 0 Å². The van der Waals surface area contributed by atoms with Crippen LogP contribution in [0.25, 0.3) is 0 Å². The van der Waals surface area contributed by atoms with Gasteiger partial charge >= 0.3 is 0 Å². The van der Waals surface area contributed by atoms with E-state index in [2.05, 4.69) is 36.9 Å². The second kappa shape index (κ2) is 6.28. The van der Waals surface area contributed by atoms with E-state index in [1.165, 1.54) is 5.56 Å². The standard InChI is InChI=1S/C14H23N3O/c1-5-8-17(10(2)3)13-9-11(4)6-7-12(13)14(15)16-18/h6-7,9-10,18H,5,8H2,1-4H3,(H2,15,16). The van der Waals surface area contributed by atoms with E-state index in [1.807, 2.05) is 19.1 Å². The average Bonchev–Trinajstić information content (AvgIpc) is 2.34. The maximum absolute atomic E-state index is 8.88. The molecule has 0 aliphatic carbocycles. The topological polar surface area (TPSA) is 61.8 Å². The van der Waals surface area contributed by atoms with Crippen LogP contribution >= 0.6 is 0 Å². The SMILES string of the molecule is CCCN(c1cc(C)ccc1C(N)=NO)C(C)C. The van der Waals surface area contributed by atoms with Gasteiger partial charge in [0.25, 0.3) is 0 Å². The Bertz CT molecular complexity index is 427. The van der Waals surface area contributed by atoms with Gasteiger partial charge in [0, 0.05) is 23.8 Å². The third kappa shape index (κ3) is 3.15. The van der Waals surface area contributed by atoms with Crippen LogP contribution in [0.3, 0.4) is 0 Å². The van der Waals surface area contributed by atoms with Crippen LogP contribution in [0.2, 0.25) is 0 Å². The van der Waals surface area contributed by atoms with Gasteiger partial charge in [-0.25, -0.2) is 0 Å². The van der Waals surface area contributed by atoms with Crippen LogP contribution < -0.4 is 10.6 Å². The minimum Gasteiger partial charge on any atom is -0.409 e. The summed E-state index contributed by atoms with van der Waals surface area (Å²) in [6.45, 7) is 9.44. The van der Waals surface area contributed by atoms with Crippen molar-refractivity contribution in [3.05, 3.63) is 29.3 Å². The fourth-order valence-corrected chi connectivity index (χ4v) is 2.05. The van der Waals surface area contributed by atoms with Gasteiger partial charge in [0.2, 0.25) is 0 Å². The molecule has 0 saturated heterocycles. The number of nitrogens with zero attached hydrogens (tertiary/aromatic N) is 2. The van der Waals surface area contributed by atoms with E-state index >= 15 is 0 Å². The summed E-state index contributed by atoms with van der Waals surface area (Å²) in [6, 6.07) is 6.34. The summed E-state index contributed by atoms with van der Waals surface area (Å²) < 4.78 is 0. The Morgan fingerprint density at radius 3 is 2.61 bits per heavy atom. The van der Waals surface area contributed by atoms with Crippen molar-refractivity contribution >= 4 is 11.5 Å². The molecule has 0 spiro atoms. The minimum atomic E-state index is 0.159. The third-order valence-electron chi connectivity index (χ3n) is 2.93. The van der Waals surface area contributed by atoms with E-state index in [1.54, 1.807) is 0 Å². The number of oxime groups is 1. The highest BCUT2D eigenvalue weighted by Gasteiger charge is 2.16. The zero-order valence-corrected chi connectivity index (χ0v) is 11.6. The van der Waals surface area contributed by atoms with Crippen LogP contribution in [-0.4, -0.2) is 23.6 Å². The second-order valence-corrected chi connectivity index (χ2v) is 4.79. The monoisotopic (exact) mass is 249 g/mol. The second-order valence-electron chi connectivity index (χ2n) is 4.79. The molecule has 18 heavy (non-hydrogen) atoms. The lowest BCUT2D eigenvalue weighted by Crippen LogP contribution is -2.33. The summed E-state index contributed by atoms with van der Waals surface area (Å²) in [5.41, 5.74) is 8.73. The molecular weight excluding hydrogens is 226 g/mol. The van der Waals surface area contributed by atoms with Crippen molar-refractivity contribution in [2.24, 2.45) is 10.9 Å². The first-order chi connectivity index (χ1) is 8.51. The zero-order chi connectivity index (χ0) is 13.7.